The van der Waals surface area contributed by atoms with E-state index in [2.05, 4.69) is 71.2 Å². The molecule has 2 unspecified atom stereocenters. The number of benzene rings is 1. The smallest absolute Gasteiger partial charge is 0.0305 e. The van der Waals surface area contributed by atoms with Crippen molar-refractivity contribution in [3.05, 3.63) is 34.3 Å². The topological polar surface area (TPSA) is 15.3 Å². The molecule has 21 heavy (non-hydrogen) atoms. The SMILES string of the molecule is CCCN1CCCC(C(C)N[C@H](C)c2ccccc2Br)C1. The number of rotatable bonds is 6. The van der Waals surface area contributed by atoms with Crippen LogP contribution in [-0.2, 0) is 0 Å². The minimum atomic E-state index is 0.386. The lowest BCUT2D eigenvalue weighted by atomic mass is 9.90. The van der Waals surface area contributed by atoms with Crippen LogP contribution < -0.4 is 5.32 Å². The number of hydrogen-bond acceptors (Lipinski definition) is 2. The number of nitrogens with one attached hydrogen (secondary N) is 1. The molecule has 0 saturated carbocycles. The number of hydrogen-bond donors (Lipinski definition) is 1. The number of piperidine rings is 1. The van der Waals surface area contributed by atoms with E-state index in [4.69, 9.17) is 0 Å². The normalized spacial score (nSPS) is 23.0. The molecule has 3 heteroatoms. The molecule has 0 aromatic heterocycles. The van der Waals surface area contributed by atoms with E-state index in [0.29, 0.717) is 12.1 Å². The van der Waals surface area contributed by atoms with Gasteiger partial charge in [0.15, 0.2) is 0 Å². The van der Waals surface area contributed by atoms with Crippen molar-refractivity contribution in [3.63, 3.8) is 0 Å². The van der Waals surface area contributed by atoms with Gasteiger partial charge in [0.2, 0.25) is 0 Å². The molecule has 0 amide bonds. The predicted molar refractivity (Wildman–Crippen MR) is 94.6 cm³/mol. The van der Waals surface area contributed by atoms with Gasteiger partial charge in [0.25, 0.3) is 0 Å². The summed E-state index contributed by atoms with van der Waals surface area (Å²) in [4.78, 5) is 2.63. The standard InChI is InChI=1S/C18H29BrN2/c1-4-11-21-12-7-8-16(13-21)14(2)20-15(3)17-9-5-6-10-18(17)19/h5-6,9-10,14-16,20H,4,7-8,11-13H2,1-3H3/t14?,15-,16?/m1/s1. The first-order chi connectivity index (χ1) is 10.1. The maximum Gasteiger partial charge on any atom is 0.0305 e. The molecular formula is C18H29BrN2. The zero-order chi connectivity index (χ0) is 15.2. The third kappa shape index (κ3) is 4.80. The third-order valence-electron chi connectivity index (χ3n) is 4.67. The second-order valence-corrected chi connectivity index (χ2v) is 7.26. The molecule has 1 aliphatic heterocycles. The van der Waals surface area contributed by atoms with Crippen molar-refractivity contribution in [2.75, 3.05) is 19.6 Å². The van der Waals surface area contributed by atoms with E-state index < -0.39 is 0 Å². The fourth-order valence-electron chi connectivity index (χ4n) is 3.47. The highest BCUT2D eigenvalue weighted by atomic mass is 79.9. The Morgan fingerprint density at radius 3 is 2.81 bits per heavy atom. The highest BCUT2D eigenvalue weighted by molar-refractivity contribution is 9.10. The minimum absolute atomic E-state index is 0.386. The lowest BCUT2D eigenvalue weighted by Crippen LogP contribution is -2.45. The van der Waals surface area contributed by atoms with Crippen molar-refractivity contribution < 1.29 is 0 Å². The molecule has 1 fully saturated rings. The Hall–Kier alpha value is -0.380. The van der Waals surface area contributed by atoms with Gasteiger partial charge in [-0.2, -0.15) is 0 Å². The van der Waals surface area contributed by atoms with Crippen molar-refractivity contribution in [1.82, 2.24) is 10.2 Å². The van der Waals surface area contributed by atoms with Crippen LogP contribution >= 0.6 is 15.9 Å². The van der Waals surface area contributed by atoms with Crippen molar-refractivity contribution >= 4 is 15.9 Å². The fourth-order valence-corrected chi connectivity index (χ4v) is 4.09. The van der Waals surface area contributed by atoms with E-state index in [1.807, 2.05) is 0 Å². The average Bonchev–Trinajstić information content (AvgIpc) is 2.48. The monoisotopic (exact) mass is 352 g/mol. The van der Waals surface area contributed by atoms with Crippen LogP contribution in [0.2, 0.25) is 0 Å². The number of halogens is 1. The lowest BCUT2D eigenvalue weighted by molar-refractivity contribution is 0.147. The summed E-state index contributed by atoms with van der Waals surface area (Å²) >= 11 is 3.66. The molecule has 2 rings (SSSR count). The molecule has 0 radical (unpaired) electrons. The summed E-state index contributed by atoms with van der Waals surface area (Å²) in [5, 5.41) is 3.81. The molecule has 118 valence electrons. The average molecular weight is 353 g/mol. The molecule has 1 heterocycles. The van der Waals surface area contributed by atoms with Gasteiger partial charge in [-0.25, -0.2) is 0 Å². The highest BCUT2D eigenvalue weighted by Crippen LogP contribution is 2.26. The summed E-state index contributed by atoms with van der Waals surface area (Å²) < 4.78 is 1.20. The van der Waals surface area contributed by atoms with Crippen LogP contribution in [0.4, 0.5) is 0 Å². The predicted octanol–water partition coefficient (Wildman–Crippen LogP) is 4.61. The quantitative estimate of drug-likeness (QED) is 0.803. The summed E-state index contributed by atoms with van der Waals surface area (Å²) in [6, 6.07) is 9.48. The largest absolute Gasteiger partial charge is 0.307 e. The first kappa shape index (κ1) is 17.0. The molecule has 0 spiro atoms. The van der Waals surface area contributed by atoms with E-state index in [1.165, 1.54) is 48.9 Å². The molecule has 0 bridgehead atoms. The van der Waals surface area contributed by atoms with E-state index in [0.717, 1.165) is 5.92 Å². The Labute approximate surface area is 138 Å². The first-order valence-corrected chi connectivity index (χ1v) is 9.14. The Morgan fingerprint density at radius 2 is 2.10 bits per heavy atom. The summed E-state index contributed by atoms with van der Waals surface area (Å²) in [5.41, 5.74) is 1.35. The van der Waals surface area contributed by atoms with Gasteiger partial charge in [0, 0.05) is 23.1 Å². The molecule has 1 aromatic rings. The second-order valence-electron chi connectivity index (χ2n) is 6.40. The first-order valence-electron chi connectivity index (χ1n) is 8.34. The zero-order valence-electron chi connectivity index (χ0n) is 13.6. The van der Waals surface area contributed by atoms with Crippen LogP contribution in [0.3, 0.4) is 0 Å². The van der Waals surface area contributed by atoms with Gasteiger partial charge < -0.3 is 10.2 Å². The van der Waals surface area contributed by atoms with Crippen molar-refractivity contribution in [3.8, 4) is 0 Å². The van der Waals surface area contributed by atoms with E-state index in [-0.39, 0.29) is 0 Å². The van der Waals surface area contributed by atoms with Crippen LogP contribution in [-0.4, -0.2) is 30.6 Å². The number of likely N-dealkylation sites (tertiary alicyclic amines) is 1. The fraction of sp³-hybridized carbons (Fsp3) is 0.667. The molecular weight excluding hydrogens is 324 g/mol. The summed E-state index contributed by atoms with van der Waals surface area (Å²) in [7, 11) is 0. The van der Waals surface area contributed by atoms with E-state index in [1.54, 1.807) is 0 Å². The molecule has 1 aromatic carbocycles. The number of nitrogens with zero attached hydrogens (tertiary/aromatic N) is 1. The van der Waals surface area contributed by atoms with Gasteiger partial charge in [0.05, 0.1) is 0 Å². The van der Waals surface area contributed by atoms with Crippen molar-refractivity contribution in [2.24, 2.45) is 5.92 Å². The Balaban J connectivity index is 1.91. The maximum atomic E-state index is 3.81. The molecule has 1 aliphatic rings. The maximum absolute atomic E-state index is 3.81. The van der Waals surface area contributed by atoms with Gasteiger partial charge in [-0.3, -0.25) is 0 Å². The Kier molecular flexibility index (Phi) is 6.72. The third-order valence-corrected chi connectivity index (χ3v) is 5.40. The van der Waals surface area contributed by atoms with Crippen LogP contribution in [0, 0.1) is 5.92 Å². The van der Waals surface area contributed by atoms with E-state index >= 15 is 0 Å². The van der Waals surface area contributed by atoms with Crippen LogP contribution in [0.5, 0.6) is 0 Å². The Morgan fingerprint density at radius 1 is 1.33 bits per heavy atom. The van der Waals surface area contributed by atoms with Crippen molar-refractivity contribution in [2.45, 2.75) is 52.1 Å². The zero-order valence-corrected chi connectivity index (χ0v) is 15.2. The summed E-state index contributed by atoms with van der Waals surface area (Å²) in [5.74, 6) is 0.773. The Bertz CT molecular complexity index is 433. The van der Waals surface area contributed by atoms with Gasteiger partial charge in [-0.15, -0.1) is 0 Å². The summed E-state index contributed by atoms with van der Waals surface area (Å²) in [6.45, 7) is 10.7. The lowest BCUT2D eigenvalue weighted by Gasteiger charge is -2.37. The molecule has 1 N–H and O–H groups in total. The van der Waals surface area contributed by atoms with E-state index in [9.17, 15) is 0 Å². The van der Waals surface area contributed by atoms with Gasteiger partial charge in [-0.1, -0.05) is 41.1 Å². The van der Waals surface area contributed by atoms with Crippen LogP contribution in [0.15, 0.2) is 28.7 Å². The molecule has 0 aliphatic carbocycles. The van der Waals surface area contributed by atoms with Crippen molar-refractivity contribution in [1.29, 1.82) is 0 Å². The second kappa shape index (κ2) is 8.30. The van der Waals surface area contributed by atoms with Gasteiger partial charge in [-0.05, 0) is 63.7 Å². The van der Waals surface area contributed by atoms with Crippen LogP contribution in [0.1, 0.15) is 51.6 Å². The molecule has 3 atom stereocenters. The van der Waals surface area contributed by atoms with Gasteiger partial charge >= 0.3 is 0 Å². The molecule has 2 nitrogen and oxygen atoms in total. The summed E-state index contributed by atoms with van der Waals surface area (Å²) in [6.07, 6.45) is 3.97. The van der Waals surface area contributed by atoms with Gasteiger partial charge in [0.1, 0.15) is 0 Å². The van der Waals surface area contributed by atoms with Crippen LogP contribution in [0.25, 0.3) is 0 Å². The minimum Gasteiger partial charge on any atom is -0.307 e. The molecule has 1 saturated heterocycles. The highest BCUT2D eigenvalue weighted by Gasteiger charge is 2.25.